The molecule has 0 radical (unpaired) electrons. The van der Waals surface area contributed by atoms with E-state index >= 15 is 0 Å². The van der Waals surface area contributed by atoms with E-state index < -0.39 is 0 Å². The van der Waals surface area contributed by atoms with E-state index in [0.29, 0.717) is 6.04 Å². The molecule has 0 spiro atoms. The van der Waals surface area contributed by atoms with Crippen LogP contribution >= 0.6 is 0 Å². The summed E-state index contributed by atoms with van der Waals surface area (Å²) in [4.78, 5) is 0. The summed E-state index contributed by atoms with van der Waals surface area (Å²) in [6.45, 7) is 7.76. The van der Waals surface area contributed by atoms with E-state index in [0.717, 1.165) is 18.4 Å². The Morgan fingerprint density at radius 1 is 1.15 bits per heavy atom. The van der Waals surface area contributed by atoms with Gasteiger partial charge in [0.05, 0.1) is 0 Å². The summed E-state index contributed by atoms with van der Waals surface area (Å²) >= 11 is 0. The Morgan fingerprint density at radius 2 is 1.77 bits per heavy atom. The van der Waals surface area contributed by atoms with Crippen LogP contribution in [0.5, 0.6) is 0 Å². The van der Waals surface area contributed by atoms with Crippen LogP contribution in [0.15, 0.2) is 0 Å². The first-order chi connectivity index (χ1) is 6.11. The van der Waals surface area contributed by atoms with Gasteiger partial charge in [-0.05, 0) is 38.6 Å². The summed E-state index contributed by atoms with van der Waals surface area (Å²) in [5.74, 6) is 1.54. The molecule has 0 aliphatic rings. The lowest BCUT2D eigenvalue weighted by atomic mass is 9.88. The Balaban J connectivity index is 3.61. The van der Waals surface area contributed by atoms with Crippen molar-refractivity contribution in [3.8, 4) is 0 Å². The Kier molecular flexibility index (Phi) is 7.29. The zero-order chi connectivity index (χ0) is 10.3. The first kappa shape index (κ1) is 12.9. The number of rotatable bonds is 7. The maximum Gasteiger partial charge on any atom is 0.0464 e. The van der Waals surface area contributed by atoms with Crippen molar-refractivity contribution in [1.29, 1.82) is 0 Å². The molecule has 0 aromatic carbocycles. The molecule has 80 valence electrons. The minimum Gasteiger partial charge on any atom is -0.385 e. The average molecular weight is 187 g/mol. The van der Waals surface area contributed by atoms with Crippen molar-refractivity contribution in [2.45, 2.75) is 39.7 Å². The lowest BCUT2D eigenvalue weighted by Crippen LogP contribution is -2.26. The topological polar surface area (TPSA) is 21.3 Å². The molecule has 0 aromatic heterocycles. The Bertz CT molecular complexity index is 117. The minimum atomic E-state index is 0.625. The lowest BCUT2D eigenvalue weighted by molar-refractivity contribution is 0.164. The molecule has 0 heterocycles. The third-order valence-electron chi connectivity index (χ3n) is 2.97. The SMILES string of the molecule is CNC(C)CC(C)C(C)CCOC. The fourth-order valence-electron chi connectivity index (χ4n) is 1.50. The van der Waals surface area contributed by atoms with Gasteiger partial charge in [0.1, 0.15) is 0 Å². The highest BCUT2D eigenvalue weighted by atomic mass is 16.5. The molecule has 0 aromatic rings. The number of nitrogens with one attached hydrogen (secondary N) is 1. The Morgan fingerprint density at radius 3 is 2.23 bits per heavy atom. The van der Waals surface area contributed by atoms with Crippen molar-refractivity contribution in [1.82, 2.24) is 5.32 Å². The second-order valence-corrected chi connectivity index (χ2v) is 4.16. The third-order valence-corrected chi connectivity index (χ3v) is 2.97. The summed E-state index contributed by atoms with van der Waals surface area (Å²) in [6, 6.07) is 0.625. The summed E-state index contributed by atoms with van der Waals surface area (Å²) in [5.41, 5.74) is 0. The highest BCUT2D eigenvalue weighted by Crippen LogP contribution is 2.19. The van der Waals surface area contributed by atoms with Crippen molar-refractivity contribution >= 4 is 0 Å². The van der Waals surface area contributed by atoms with Crippen LogP contribution in [0.4, 0.5) is 0 Å². The number of methoxy groups -OCH3 is 1. The predicted molar refractivity (Wildman–Crippen MR) is 58.0 cm³/mol. The zero-order valence-electron chi connectivity index (χ0n) is 9.76. The number of hydrogen-bond acceptors (Lipinski definition) is 2. The van der Waals surface area contributed by atoms with Crippen LogP contribution in [-0.2, 0) is 4.74 Å². The molecule has 0 aliphatic heterocycles. The highest BCUT2D eigenvalue weighted by molar-refractivity contribution is 4.68. The first-order valence-electron chi connectivity index (χ1n) is 5.28. The molecule has 2 nitrogen and oxygen atoms in total. The summed E-state index contributed by atoms with van der Waals surface area (Å²) < 4.78 is 5.08. The molecule has 3 unspecified atom stereocenters. The molecule has 0 amide bonds. The minimum absolute atomic E-state index is 0.625. The summed E-state index contributed by atoms with van der Waals surface area (Å²) in [5, 5.41) is 3.28. The summed E-state index contributed by atoms with van der Waals surface area (Å²) in [7, 11) is 3.80. The molecule has 0 rings (SSSR count). The Labute approximate surface area is 83.1 Å². The van der Waals surface area contributed by atoms with Gasteiger partial charge in [-0.2, -0.15) is 0 Å². The molecule has 0 fully saturated rings. The van der Waals surface area contributed by atoms with Crippen LogP contribution in [0.2, 0.25) is 0 Å². The molecule has 3 atom stereocenters. The monoisotopic (exact) mass is 187 g/mol. The molecular formula is C11H25NO. The van der Waals surface area contributed by atoms with Crippen molar-refractivity contribution in [3.63, 3.8) is 0 Å². The van der Waals surface area contributed by atoms with Crippen molar-refractivity contribution in [2.24, 2.45) is 11.8 Å². The van der Waals surface area contributed by atoms with Gasteiger partial charge < -0.3 is 10.1 Å². The van der Waals surface area contributed by atoms with E-state index in [9.17, 15) is 0 Å². The van der Waals surface area contributed by atoms with Gasteiger partial charge in [0.15, 0.2) is 0 Å². The van der Waals surface area contributed by atoms with Crippen molar-refractivity contribution in [2.75, 3.05) is 20.8 Å². The van der Waals surface area contributed by atoms with Crippen LogP contribution in [-0.4, -0.2) is 26.8 Å². The quantitative estimate of drug-likeness (QED) is 0.660. The average Bonchev–Trinajstić information content (AvgIpc) is 2.13. The van der Waals surface area contributed by atoms with E-state index in [2.05, 4.69) is 26.1 Å². The predicted octanol–water partition coefficient (Wildman–Crippen LogP) is 2.29. The van der Waals surface area contributed by atoms with Crippen molar-refractivity contribution in [3.05, 3.63) is 0 Å². The first-order valence-corrected chi connectivity index (χ1v) is 5.28. The number of ether oxygens (including phenoxy) is 1. The normalized spacial score (nSPS) is 18.2. The van der Waals surface area contributed by atoms with Crippen LogP contribution < -0.4 is 5.32 Å². The largest absolute Gasteiger partial charge is 0.385 e. The molecule has 0 saturated carbocycles. The third kappa shape index (κ3) is 6.05. The van der Waals surface area contributed by atoms with E-state index in [1.165, 1.54) is 12.8 Å². The molecule has 1 N–H and O–H groups in total. The Hall–Kier alpha value is -0.0800. The molecular weight excluding hydrogens is 162 g/mol. The highest BCUT2D eigenvalue weighted by Gasteiger charge is 2.14. The fraction of sp³-hybridized carbons (Fsp3) is 1.00. The number of hydrogen-bond donors (Lipinski definition) is 1. The van der Waals surface area contributed by atoms with E-state index in [-0.39, 0.29) is 0 Å². The van der Waals surface area contributed by atoms with Gasteiger partial charge in [-0.3, -0.25) is 0 Å². The zero-order valence-corrected chi connectivity index (χ0v) is 9.76. The van der Waals surface area contributed by atoms with Gasteiger partial charge in [0.2, 0.25) is 0 Å². The molecule has 2 heteroatoms. The second kappa shape index (κ2) is 7.34. The fourth-order valence-corrected chi connectivity index (χ4v) is 1.50. The van der Waals surface area contributed by atoms with Crippen molar-refractivity contribution < 1.29 is 4.74 Å². The lowest BCUT2D eigenvalue weighted by Gasteiger charge is -2.22. The van der Waals surface area contributed by atoms with Crippen LogP contribution in [0.25, 0.3) is 0 Å². The maximum atomic E-state index is 5.08. The van der Waals surface area contributed by atoms with Gasteiger partial charge in [-0.15, -0.1) is 0 Å². The van der Waals surface area contributed by atoms with Gasteiger partial charge in [-0.25, -0.2) is 0 Å². The smallest absolute Gasteiger partial charge is 0.0464 e. The van der Waals surface area contributed by atoms with E-state index in [1.54, 1.807) is 7.11 Å². The van der Waals surface area contributed by atoms with E-state index in [1.807, 2.05) is 7.05 Å². The van der Waals surface area contributed by atoms with Gasteiger partial charge >= 0.3 is 0 Å². The standard InChI is InChI=1S/C11H25NO/c1-9(6-7-13-5)10(2)8-11(3)12-4/h9-12H,6-8H2,1-5H3. The molecule has 0 saturated heterocycles. The molecule has 0 bridgehead atoms. The maximum absolute atomic E-state index is 5.08. The van der Waals surface area contributed by atoms with Gasteiger partial charge in [0.25, 0.3) is 0 Å². The van der Waals surface area contributed by atoms with Gasteiger partial charge in [0, 0.05) is 19.8 Å². The second-order valence-electron chi connectivity index (χ2n) is 4.16. The van der Waals surface area contributed by atoms with Crippen LogP contribution in [0.1, 0.15) is 33.6 Å². The van der Waals surface area contributed by atoms with E-state index in [4.69, 9.17) is 4.74 Å². The van der Waals surface area contributed by atoms with Crippen LogP contribution in [0, 0.1) is 11.8 Å². The molecule has 0 aliphatic carbocycles. The molecule has 13 heavy (non-hydrogen) atoms. The summed E-state index contributed by atoms with van der Waals surface area (Å²) in [6.07, 6.45) is 2.43. The van der Waals surface area contributed by atoms with Gasteiger partial charge in [-0.1, -0.05) is 13.8 Å². The van der Waals surface area contributed by atoms with Crippen LogP contribution in [0.3, 0.4) is 0 Å².